The first-order valence-electron chi connectivity index (χ1n) is 5.97. The second-order valence-electron chi connectivity index (χ2n) is 4.49. The van der Waals surface area contributed by atoms with Crippen LogP contribution in [0.25, 0.3) is 0 Å². The van der Waals surface area contributed by atoms with Gasteiger partial charge in [-0.3, -0.25) is 14.5 Å². The molecule has 0 saturated carbocycles. The summed E-state index contributed by atoms with van der Waals surface area (Å²) in [5.41, 5.74) is 2.07. The fourth-order valence-corrected chi connectivity index (χ4v) is 3.71. The van der Waals surface area contributed by atoms with E-state index in [1.54, 1.807) is 6.07 Å². The summed E-state index contributed by atoms with van der Waals surface area (Å²) in [5, 5.41) is 0. The van der Waals surface area contributed by atoms with Gasteiger partial charge in [0.25, 0.3) is 11.7 Å². The van der Waals surface area contributed by atoms with Crippen molar-refractivity contribution in [3.05, 3.63) is 62.5 Å². The highest BCUT2D eigenvalue weighted by Gasteiger charge is 2.37. The lowest BCUT2D eigenvalue weighted by Crippen LogP contribution is -2.29. The summed E-state index contributed by atoms with van der Waals surface area (Å²) in [4.78, 5) is 25.8. The van der Waals surface area contributed by atoms with Gasteiger partial charge >= 0.3 is 0 Å². The molecule has 0 fully saturated rings. The fraction of sp³-hybridized carbons (Fsp3) is 0.0667. The average molecular weight is 395 g/mol. The van der Waals surface area contributed by atoms with Crippen molar-refractivity contribution in [1.82, 2.24) is 0 Å². The van der Waals surface area contributed by atoms with Crippen LogP contribution in [0.15, 0.2) is 51.4 Å². The second-order valence-corrected chi connectivity index (χ2v) is 6.26. The smallest absolute Gasteiger partial charge is 0.299 e. The number of Topliss-reactive ketones (excluding diaryl/α,β-unsaturated/α-hetero) is 1. The molecule has 0 unspecified atom stereocenters. The number of carbonyl (C=O) groups is 2. The van der Waals surface area contributed by atoms with Crippen LogP contribution in [0.2, 0.25) is 0 Å². The molecule has 1 amide bonds. The normalized spacial score (nSPS) is 13.8. The maximum Gasteiger partial charge on any atom is 0.299 e. The number of carbonyl (C=O) groups excluding carboxylic acids is 2. The monoisotopic (exact) mass is 393 g/mol. The van der Waals surface area contributed by atoms with E-state index in [0.29, 0.717) is 17.8 Å². The summed E-state index contributed by atoms with van der Waals surface area (Å²) in [6.07, 6.45) is 0. The molecule has 0 N–H and O–H groups in total. The lowest BCUT2D eigenvalue weighted by Gasteiger charge is -2.18. The minimum Gasteiger partial charge on any atom is -0.299 e. The Labute approximate surface area is 132 Å². The number of benzene rings is 2. The molecule has 20 heavy (non-hydrogen) atoms. The minimum atomic E-state index is -0.484. The number of ketones is 1. The van der Waals surface area contributed by atoms with E-state index in [-0.39, 0.29) is 0 Å². The zero-order valence-electron chi connectivity index (χ0n) is 10.3. The number of fused-ring (bicyclic) bond motifs is 1. The van der Waals surface area contributed by atoms with Crippen molar-refractivity contribution in [3.8, 4) is 0 Å². The van der Waals surface area contributed by atoms with E-state index in [9.17, 15) is 9.59 Å². The van der Waals surface area contributed by atoms with Gasteiger partial charge in [-0.1, -0.05) is 46.3 Å². The zero-order chi connectivity index (χ0) is 14.3. The van der Waals surface area contributed by atoms with Crippen LogP contribution in [-0.2, 0) is 11.3 Å². The number of amides is 1. The summed E-state index contributed by atoms with van der Waals surface area (Å²) in [5.74, 6) is -0.944. The summed E-state index contributed by atoms with van der Waals surface area (Å²) in [7, 11) is 0. The number of hydrogen-bond donors (Lipinski definition) is 0. The van der Waals surface area contributed by atoms with E-state index in [0.717, 1.165) is 14.5 Å². The average Bonchev–Trinajstić information content (AvgIpc) is 2.65. The largest absolute Gasteiger partial charge is 0.299 e. The van der Waals surface area contributed by atoms with Crippen LogP contribution in [0, 0.1) is 0 Å². The first kappa shape index (κ1) is 13.5. The highest BCUT2D eigenvalue weighted by Crippen LogP contribution is 2.39. The van der Waals surface area contributed by atoms with Crippen molar-refractivity contribution in [2.75, 3.05) is 4.90 Å². The predicted octanol–water partition coefficient (Wildman–Crippen LogP) is 3.94. The molecule has 0 radical (unpaired) electrons. The van der Waals surface area contributed by atoms with Gasteiger partial charge in [0.15, 0.2) is 0 Å². The topological polar surface area (TPSA) is 37.4 Å². The summed E-state index contributed by atoms with van der Waals surface area (Å²) in [6, 6.07) is 13.1. The van der Waals surface area contributed by atoms with Crippen molar-refractivity contribution < 1.29 is 9.59 Å². The van der Waals surface area contributed by atoms with Gasteiger partial charge in [-0.05, 0) is 33.6 Å². The third kappa shape index (κ3) is 2.21. The van der Waals surface area contributed by atoms with Gasteiger partial charge in [0, 0.05) is 8.95 Å². The third-order valence-corrected chi connectivity index (χ3v) is 4.23. The van der Waals surface area contributed by atoms with Crippen molar-refractivity contribution in [1.29, 1.82) is 0 Å². The molecule has 0 bridgehead atoms. The van der Waals surface area contributed by atoms with E-state index < -0.39 is 11.7 Å². The Morgan fingerprint density at radius 1 is 1.00 bits per heavy atom. The maximum absolute atomic E-state index is 12.2. The van der Waals surface area contributed by atoms with E-state index in [4.69, 9.17) is 0 Å². The number of nitrogens with zero attached hydrogens (tertiary/aromatic N) is 1. The van der Waals surface area contributed by atoms with Crippen LogP contribution in [0.3, 0.4) is 0 Å². The molecule has 1 aliphatic rings. The Hall–Kier alpha value is -1.46. The SMILES string of the molecule is O=C1C(=O)N(Cc2ccccc2)c2c(Br)cc(Br)cc21. The van der Waals surface area contributed by atoms with Crippen molar-refractivity contribution in [2.45, 2.75) is 6.54 Å². The summed E-state index contributed by atoms with van der Waals surface area (Å²) >= 11 is 6.77. The van der Waals surface area contributed by atoms with Crippen LogP contribution in [0.1, 0.15) is 15.9 Å². The lowest BCUT2D eigenvalue weighted by molar-refractivity contribution is -0.114. The second kappa shape index (κ2) is 5.14. The molecule has 3 nitrogen and oxygen atoms in total. The van der Waals surface area contributed by atoms with Gasteiger partial charge in [-0.25, -0.2) is 0 Å². The molecule has 1 aliphatic heterocycles. The van der Waals surface area contributed by atoms with Crippen molar-refractivity contribution >= 4 is 49.2 Å². The fourth-order valence-electron chi connectivity index (χ4n) is 2.27. The van der Waals surface area contributed by atoms with Crippen LogP contribution < -0.4 is 4.90 Å². The van der Waals surface area contributed by atoms with Gasteiger partial charge in [0.1, 0.15) is 0 Å². The molecule has 3 rings (SSSR count). The molecular weight excluding hydrogens is 386 g/mol. The molecule has 2 aromatic rings. The number of hydrogen-bond acceptors (Lipinski definition) is 2. The number of halogens is 2. The quantitative estimate of drug-likeness (QED) is 0.723. The van der Waals surface area contributed by atoms with Crippen LogP contribution in [0.4, 0.5) is 5.69 Å². The van der Waals surface area contributed by atoms with Crippen LogP contribution in [0.5, 0.6) is 0 Å². The van der Waals surface area contributed by atoms with E-state index >= 15 is 0 Å². The molecule has 0 atom stereocenters. The number of anilines is 1. The summed E-state index contributed by atoms with van der Waals surface area (Å²) < 4.78 is 1.50. The van der Waals surface area contributed by atoms with Gasteiger partial charge in [0.05, 0.1) is 17.8 Å². The molecule has 0 saturated heterocycles. The molecule has 5 heteroatoms. The molecule has 0 aliphatic carbocycles. The van der Waals surface area contributed by atoms with Gasteiger partial charge < -0.3 is 0 Å². The van der Waals surface area contributed by atoms with E-state index in [1.807, 2.05) is 36.4 Å². The lowest BCUT2D eigenvalue weighted by atomic mass is 10.1. The van der Waals surface area contributed by atoms with E-state index in [2.05, 4.69) is 31.9 Å². The van der Waals surface area contributed by atoms with Gasteiger partial charge in [0.2, 0.25) is 0 Å². The van der Waals surface area contributed by atoms with E-state index in [1.165, 1.54) is 4.90 Å². The standard InChI is InChI=1S/C15H9Br2NO2/c16-10-6-11-13(12(17)7-10)18(15(20)14(11)19)8-9-4-2-1-3-5-9/h1-7H,8H2. The first-order chi connectivity index (χ1) is 9.58. The molecule has 100 valence electrons. The molecule has 1 heterocycles. The Balaban J connectivity index is 2.07. The zero-order valence-corrected chi connectivity index (χ0v) is 13.4. The maximum atomic E-state index is 12.2. The van der Waals surface area contributed by atoms with Gasteiger partial charge in [-0.15, -0.1) is 0 Å². The minimum absolute atomic E-state index is 0.388. The Bertz CT molecular complexity index is 713. The Kier molecular flexibility index (Phi) is 3.48. The summed E-state index contributed by atoms with van der Waals surface area (Å²) in [6.45, 7) is 0.388. The van der Waals surface area contributed by atoms with Gasteiger partial charge in [-0.2, -0.15) is 0 Å². The first-order valence-corrected chi connectivity index (χ1v) is 7.55. The number of rotatable bonds is 2. The highest BCUT2D eigenvalue weighted by molar-refractivity contribution is 9.11. The van der Waals surface area contributed by atoms with Crippen molar-refractivity contribution in [3.63, 3.8) is 0 Å². The highest BCUT2D eigenvalue weighted by atomic mass is 79.9. The molecule has 0 spiro atoms. The predicted molar refractivity (Wildman–Crippen MR) is 83.8 cm³/mol. The molecule has 0 aromatic heterocycles. The molecular formula is C15H9Br2NO2. The van der Waals surface area contributed by atoms with Crippen LogP contribution in [-0.4, -0.2) is 11.7 Å². The Morgan fingerprint density at radius 3 is 2.40 bits per heavy atom. The van der Waals surface area contributed by atoms with Crippen LogP contribution >= 0.6 is 31.9 Å². The molecule has 2 aromatic carbocycles. The Morgan fingerprint density at radius 2 is 1.70 bits per heavy atom. The van der Waals surface area contributed by atoms with Crippen molar-refractivity contribution in [2.24, 2.45) is 0 Å². The third-order valence-electron chi connectivity index (χ3n) is 3.17.